The van der Waals surface area contributed by atoms with Gasteiger partial charge in [-0.1, -0.05) is 15.9 Å². The average Bonchev–Trinajstić information content (AvgIpc) is 3.23. The Morgan fingerprint density at radius 1 is 1.09 bits per heavy atom. The molecule has 1 atom stereocenters. The number of rotatable bonds is 3. The minimum Gasteiger partial charge on any atom is -0.314 e. The van der Waals surface area contributed by atoms with Crippen LogP contribution in [-0.4, -0.2) is 31.1 Å². The Hall–Kier alpha value is -0.0100. The lowest BCUT2D eigenvalue weighted by molar-refractivity contribution is -0.137. The van der Waals surface area contributed by atoms with E-state index in [9.17, 15) is 13.2 Å². The number of hydrogen-bond acceptors (Lipinski definition) is 2. The highest BCUT2D eigenvalue weighted by molar-refractivity contribution is 9.10. The third-order valence-corrected chi connectivity index (χ3v) is 4.66. The van der Waals surface area contributed by atoms with Crippen molar-refractivity contribution in [3.05, 3.63) is 33.8 Å². The predicted octanol–water partition coefficient (Wildman–Crippen LogP) is 4.67. The molecule has 8 heteroatoms. The van der Waals surface area contributed by atoms with Crippen LogP contribution in [0.25, 0.3) is 0 Å². The summed E-state index contributed by atoms with van der Waals surface area (Å²) >= 11 is 3.24. The highest BCUT2D eigenvalue weighted by atomic mass is 79.9. The molecule has 0 spiro atoms. The molecule has 1 aliphatic heterocycles. The molecule has 1 aromatic carbocycles. The summed E-state index contributed by atoms with van der Waals surface area (Å²) in [6.07, 6.45) is -2.07. The first-order valence-electron chi connectivity index (χ1n) is 7.27. The van der Waals surface area contributed by atoms with E-state index in [2.05, 4.69) is 26.1 Å². The van der Waals surface area contributed by atoms with Gasteiger partial charge in [0.2, 0.25) is 0 Å². The van der Waals surface area contributed by atoms with Gasteiger partial charge >= 0.3 is 6.18 Å². The fourth-order valence-corrected chi connectivity index (χ4v) is 3.61. The third-order valence-electron chi connectivity index (χ3n) is 4.20. The first-order valence-corrected chi connectivity index (χ1v) is 8.07. The van der Waals surface area contributed by atoms with Crippen molar-refractivity contribution in [2.75, 3.05) is 26.2 Å². The van der Waals surface area contributed by atoms with E-state index in [0.29, 0.717) is 10.4 Å². The molecule has 0 amide bonds. The SMILES string of the molecule is Cl.Cl.FC(F)(F)c1cc(Br)cc([C@H](C2CC2)N2CCNCC2)c1. The van der Waals surface area contributed by atoms with Crippen molar-refractivity contribution in [2.24, 2.45) is 5.92 Å². The molecule has 1 saturated carbocycles. The molecule has 0 aromatic heterocycles. The van der Waals surface area contributed by atoms with Crippen LogP contribution in [0.2, 0.25) is 0 Å². The predicted molar refractivity (Wildman–Crippen MR) is 93.5 cm³/mol. The minimum atomic E-state index is -4.30. The van der Waals surface area contributed by atoms with Crippen LogP contribution >= 0.6 is 40.7 Å². The van der Waals surface area contributed by atoms with Gasteiger partial charge in [0, 0.05) is 36.7 Å². The number of halogens is 6. The lowest BCUT2D eigenvalue weighted by Crippen LogP contribution is -2.45. The fourth-order valence-electron chi connectivity index (χ4n) is 3.10. The molecule has 2 nitrogen and oxygen atoms in total. The van der Waals surface area contributed by atoms with Crippen LogP contribution < -0.4 is 5.32 Å². The maximum absolute atomic E-state index is 13.0. The maximum atomic E-state index is 13.0. The van der Waals surface area contributed by atoms with Crippen molar-refractivity contribution < 1.29 is 13.2 Å². The largest absolute Gasteiger partial charge is 0.416 e. The second-order valence-corrected chi connectivity index (χ2v) is 6.75. The molecule has 1 aliphatic carbocycles. The van der Waals surface area contributed by atoms with E-state index in [0.717, 1.165) is 50.7 Å². The van der Waals surface area contributed by atoms with Crippen LogP contribution in [-0.2, 0) is 6.18 Å². The van der Waals surface area contributed by atoms with Crippen LogP contribution in [0.5, 0.6) is 0 Å². The zero-order valence-corrected chi connectivity index (χ0v) is 15.6. The first-order chi connectivity index (χ1) is 9.95. The quantitative estimate of drug-likeness (QED) is 0.742. The van der Waals surface area contributed by atoms with Crippen molar-refractivity contribution in [1.82, 2.24) is 10.2 Å². The van der Waals surface area contributed by atoms with E-state index in [1.54, 1.807) is 0 Å². The number of benzene rings is 1. The lowest BCUT2D eigenvalue weighted by Gasteiger charge is -2.35. The second-order valence-electron chi connectivity index (χ2n) is 5.84. The monoisotopic (exact) mass is 434 g/mol. The number of nitrogens with zero attached hydrogens (tertiary/aromatic N) is 1. The van der Waals surface area contributed by atoms with E-state index in [1.807, 2.05) is 6.07 Å². The van der Waals surface area contributed by atoms with Crippen LogP contribution in [0.1, 0.15) is 30.0 Å². The van der Waals surface area contributed by atoms with E-state index >= 15 is 0 Å². The average molecular weight is 436 g/mol. The zero-order valence-electron chi connectivity index (χ0n) is 12.4. The fraction of sp³-hybridized carbons (Fsp3) is 0.600. The van der Waals surface area contributed by atoms with Crippen LogP contribution in [0.4, 0.5) is 13.2 Å². The highest BCUT2D eigenvalue weighted by Crippen LogP contribution is 2.46. The van der Waals surface area contributed by atoms with Gasteiger partial charge in [0.05, 0.1) is 5.56 Å². The molecular formula is C15H20BrCl2F3N2. The Labute approximate surface area is 155 Å². The van der Waals surface area contributed by atoms with Crippen molar-refractivity contribution >= 4 is 40.7 Å². The topological polar surface area (TPSA) is 15.3 Å². The van der Waals surface area contributed by atoms with E-state index in [1.165, 1.54) is 6.07 Å². The standard InChI is InChI=1S/C15H18BrF3N2.2ClH/c16-13-8-11(7-12(9-13)15(17,18)19)14(10-1-2-10)21-5-3-20-4-6-21;;/h7-10,14,20H,1-6H2;2*1H/t14-;;/m0../s1. The molecule has 1 N–H and O–H groups in total. The molecule has 0 bridgehead atoms. The van der Waals surface area contributed by atoms with E-state index in [4.69, 9.17) is 0 Å². The Bertz CT molecular complexity index is 518. The van der Waals surface area contributed by atoms with E-state index in [-0.39, 0.29) is 30.9 Å². The van der Waals surface area contributed by atoms with Crippen molar-refractivity contribution in [3.8, 4) is 0 Å². The third kappa shape index (κ3) is 5.23. The molecule has 0 radical (unpaired) electrons. The first kappa shape index (κ1) is 21.0. The molecule has 1 saturated heterocycles. The number of piperazine rings is 1. The lowest BCUT2D eigenvalue weighted by atomic mass is 9.97. The highest BCUT2D eigenvalue weighted by Gasteiger charge is 2.38. The summed E-state index contributed by atoms with van der Waals surface area (Å²) in [4.78, 5) is 2.33. The maximum Gasteiger partial charge on any atom is 0.416 e. The molecule has 3 rings (SSSR count). The van der Waals surface area contributed by atoms with Gasteiger partial charge in [0.25, 0.3) is 0 Å². The molecule has 1 aromatic rings. The Balaban J connectivity index is 0.00000132. The molecule has 1 heterocycles. The van der Waals surface area contributed by atoms with Gasteiger partial charge < -0.3 is 5.32 Å². The van der Waals surface area contributed by atoms with Gasteiger partial charge in [-0.25, -0.2) is 0 Å². The number of nitrogens with one attached hydrogen (secondary N) is 1. The summed E-state index contributed by atoms with van der Waals surface area (Å²) < 4.78 is 39.6. The molecular weight excluding hydrogens is 416 g/mol. The van der Waals surface area contributed by atoms with Crippen LogP contribution in [0.15, 0.2) is 22.7 Å². The van der Waals surface area contributed by atoms with Crippen LogP contribution in [0, 0.1) is 5.92 Å². The number of alkyl halides is 3. The van der Waals surface area contributed by atoms with Gasteiger partial charge in [0.15, 0.2) is 0 Å². The summed E-state index contributed by atoms with van der Waals surface area (Å²) in [6.45, 7) is 3.61. The van der Waals surface area contributed by atoms with Gasteiger partial charge in [-0.15, -0.1) is 24.8 Å². The van der Waals surface area contributed by atoms with Gasteiger partial charge in [-0.05, 0) is 42.5 Å². The number of hydrogen-bond donors (Lipinski definition) is 1. The van der Waals surface area contributed by atoms with Crippen molar-refractivity contribution in [1.29, 1.82) is 0 Å². The van der Waals surface area contributed by atoms with Crippen molar-refractivity contribution in [3.63, 3.8) is 0 Å². The van der Waals surface area contributed by atoms with Crippen LogP contribution in [0.3, 0.4) is 0 Å². The molecule has 132 valence electrons. The zero-order chi connectivity index (χ0) is 15.0. The smallest absolute Gasteiger partial charge is 0.314 e. The summed E-state index contributed by atoms with van der Waals surface area (Å²) in [6, 6.07) is 4.45. The normalized spacial score (nSPS) is 20.3. The van der Waals surface area contributed by atoms with Gasteiger partial charge in [-0.3, -0.25) is 4.90 Å². The summed E-state index contributed by atoms with van der Waals surface area (Å²) in [5, 5.41) is 3.30. The van der Waals surface area contributed by atoms with Gasteiger partial charge in [-0.2, -0.15) is 13.2 Å². The summed E-state index contributed by atoms with van der Waals surface area (Å²) in [5.74, 6) is 0.499. The van der Waals surface area contributed by atoms with Gasteiger partial charge in [0.1, 0.15) is 0 Å². The Morgan fingerprint density at radius 3 is 2.22 bits per heavy atom. The second kappa shape index (κ2) is 8.39. The molecule has 2 aliphatic rings. The molecule has 0 unspecified atom stereocenters. The molecule has 2 fully saturated rings. The Kier molecular flexibility index (Phi) is 7.67. The summed E-state index contributed by atoms with van der Waals surface area (Å²) in [7, 11) is 0. The van der Waals surface area contributed by atoms with Crippen molar-refractivity contribution in [2.45, 2.75) is 25.1 Å². The Morgan fingerprint density at radius 2 is 1.70 bits per heavy atom. The summed E-state index contributed by atoms with van der Waals surface area (Å²) in [5.41, 5.74) is 0.230. The molecule has 23 heavy (non-hydrogen) atoms. The minimum absolute atomic E-state index is 0. The van der Waals surface area contributed by atoms with E-state index < -0.39 is 11.7 Å².